The maximum atomic E-state index is 10.8. The number of rotatable bonds is 8. The van der Waals surface area contributed by atoms with E-state index in [1.54, 1.807) is 19.6 Å². The van der Waals surface area contributed by atoms with Crippen LogP contribution in [0.2, 0.25) is 0 Å². The first-order valence-corrected chi connectivity index (χ1v) is 23.2. The lowest BCUT2D eigenvalue weighted by Gasteiger charge is -2.44. The van der Waals surface area contributed by atoms with Crippen LogP contribution in [0.1, 0.15) is 0 Å². The van der Waals surface area contributed by atoms with Gasteiger partial charge < -0.3 is 142 Å². The summed E-state index contributed by atoms with van der Waals surface area (Å²) in [5, 5.41) is 177. The van der Waals surface area contributed by atoms with Crippen LogP contribution in [-0.2, 0) is 18.9 Å². The molecule has 0 aromatic carbocycles. The molecule has 0 aliphatic carbocycles. The van der Waals surface area contributed by atoms with E-state index in [-0.39, 0.29) is 72.8 Å². The SMILES string of the molecule is OC[C@H]1O[C@H](NC(=S)N2CCN(C(=S)N[C@H]3O[C@H](CO)[C@@H](O)[C@H](O)[C@@H]3O)CCN(C(=S)N[C@H]3O[C@H](CO)[C@@H](O)[C@H](O)[C@@H]3O)CCN(C(=S)N[C@H]3O[C@H](CO)[C@@H](O)[C@H](O)[C@@H]3O)CC2)[C@@H](O)[C@@H](O)[C@@H]1O. The molecule has 5 aliphatic heterocycles. The molecule has 68 heavy (non-hydrogen) atoms. The van der Waals surface area contributed by atoms with Crippen LogP contribution >= 0.6 is 48.9 Å². The lowest BCUT2D eigenvalue weighted by atomic mass is 9.98. The molecule has 0 amide bonds. The van der Waals surface area contributed by atoms with Crippen molar-refractivity contribution in [3.05, 3.63) is 0 Å². The van der Waals surface area contributed by atoms with Gasteiger partial charge in [-0.15, -0.1) is 0 Å². The Labute approximate surface area is 410 Å². The highest BCUT2D eigenvalue weighted by molar-refractivity contribution is 7.80. The highest BCUT2D eigenvalue weighted by atomic mass is 32.1. The van der Waals surface area contributed by atoms with Crippen molar-refractivity contribution in [2.45, 2.75) is 123 Å². The van der Waals surface area contributed by atoms with Gasteiger partial charge in [-0.05, 0) is 48.9 Å². The number of hydrogen-bond acceptors (Lipinski definition) is 24. The van der Waals surface area contributed by atoms with Crippen molar-refractivity contribution < 1.29 is 101 Å². The average Bonchev–Trinajstić information content (AvgIpc) is 3.31. The van der Waals surface area contributed by atoms with Crippen LogP contribution in [0, 0.1) is 0 Å². The van der Waals surface area contributed by atoms with Crippen LogP contribution in [-0.4, -0.2) is 323 Å². The molecule has 392 valence electrons. The fraction of sp³-hybridized carbons (Fsp3) is 0.889. The van der Waals surface area contributed by atoms with Gasteiger partial charge in [-0.1, -0.05) is 0 Å². The quantitative estimate of drug-likeness (QED) is 0.100. The van der Waals surface area contributed by atoms with Crippen LogP contribution in [0.25, 0.3) is 0 Å². The van der Waals surface area contributed by atoms with E-state index in [1.165, 1.54) is 0 Å². The average molecular weight is 1060 g/mol. The summed E-state index contributed by atoms with van der Waals surface area (Å²) < 4.78 is 22.5. The standard InChI is InChI=1S/C36H64N8O20S4/c45-9-13-17(49)21(53)25(57)29(61-13)37-33(65)41-1-2-42(34(66)38-30-26(58)22(54)18(50)14(10-46)62-30)5-6-44(36(68)40-32-28(60)24(56)20(52)16(12-48)64-32)8-7-43(4-3-41)35(67)39-31-27(59)23(55)19(51)15(11-47)63-31/h13-32,45-60H,1-12H2,(H,37,65)(H,38,66)(H,39,67)(H,40,68)/t13-,14-,15-,16-,17-,18-,19-,20-,21+,22+,23+,24+,25+,26+,27+,28+,29+,30+,31+,32+/m1/s1. The fourth-order valence-corrected chi connectivity index (χ4v) is 9.16. The third-order valence-electron chi connectivity index (χ3n) is 12.3. The number of nitrogens with zero attached hydrogens (tertiary/aromatic N) is 4. The van der Waals surface area contributed by atoms with Gasteiger partial charge in [0.05, 0.1) is 26.4 Å². The van der Waals surface area contributed by atoms with Gasteiger partial charge in [0, 0.05) is 52.4 Å². The summed E-state index contributed by atoms with van der Waals surface area (Å²) in [6.45, 7) is -3.16. The number of ether oxygens (including phenoxy) is 4. The van der Waals surface area contributed by atoms with Crippen molar-refractivity contribution in [3.63, 3.8) is 0 Å². The van der Waals surface area contributed by atoms with Gasteiger partial charge in [-0.25, -0.2) is 0 Å². The van der Waals surface area contributed by atoms with Crippen LogP contribution in [0.3, 0.4) is 0 Å². The third kappa shape index (κ3) is 13.3. The molecule has 5 rings (SSSR count). The highest BCUT2D eigenvalue weighted by Crippen LogP contribution is 2.24. The summed E-state index contributed by atoms with van der Waals surface area (Å²) in [5.74, 6) is 0. The predicted molar refractivity (Wildman–Crippen MR) is 244 cm³/mol. The van der Waals surface area contributed by atoms with E-state index in [4.69, 9.17) is 67.8 Å². The Morgan fingerprint density at radius 2 is 0.471 bits per heavy atom. The molecule has 0 unspecified atom stereocenters. The Balaban J connectivity index is 1.45. The van der Waals surface area contributed by atoms with Gasteiger partial charge >= 0.3 is 0 Å². The number of nitrogens with one attached hydrogen (secondary N) is 4. The molecule has 32 heteroatoms. The molecule has 5 heterocycles. The van der Waals surface area contributed by atoms with Gasteiger partial charge in [0.15, 0.2) is 45.4 Å². The summed E-state index contributed by atoms with van der Waals surface area (Å²) >= 11 is 23.1. The van der Waals surface area contributed by atoms with Gasteiger partial charge in [0.2, 0.25) is 0 Å². The molecule has 0 saturated carbocycles. The van der Waals surface area contributed by atoms with Crippen molar-refractivity contribution in [2.75, 3.05) is 78.8 Å². The van der Waals surface area contributed by atoms with Crippen molar-refractivity contribution >= 4 is 69.3 Å². The van der Waals surface area contributed by atoms with Crippen LogP contribution in [0.15, 0.2) is 0 Å². The maximum Gasteiger partial charge on any atom is 0.171 e. The largest absolute Gasteiger partial charge is 0.394 e. The molecule has 20 atom stereocenters. The van der Waals surface area contributed by atoms with E-state index in [1.807, 2.05) is 0 Å². The summed E-state index contributed by atoms with van der Waals surface area (Å²) in [4.78, 5) is 6.31. The van der Waals surface area contributed by atoms with Gasteiger partial charge in [0.1, 0.15) is 97.7 Å². The Morgan fingerprint density at radius 3 is 0.618 bits per heavy atom. The predicted octanol–water partition coefficient (Wildman–Crippen LogP) is -12.1. The molecule has 20 N–H and O–H groups in total. The van der Waals surface area contributed by atoms with Crippen LogP contribution in [0.4, 0.5) is 0 Å². The van der Waals surface area contributed by atoms with Crippen molar-refractivity contribution in [1.82, 2.24) is 40.9 Å². The molecular formula is C36H64N8O20S4. The van der Waals surface area contributed by atoms with Crippen molar-refractivity contribution in [2.24, 2.45) is 0 Å². The second-order valence-corrected chi connectivity index (χ2v) is 18.3. The Kier molecular flexibility index (Phi) is 21.4. The minimum Gasteiger partial charge on any atom is -0.394 e. The third-order valence-corrected chi connectivity index (χ3v) is 13.8. The molecule has 0 radical (unpaired) electrons. The highest BCUT2D eigenvalue weighted by Gasteiger charge is 2.48. The van der Waals surface area contributed by atoms with Crippen LogP contribution in [0.5, 0.6) is 0 Å². The Bertz CT molecular complexity index is 1430. The zero-order valence-corrected chi connectivity index (χ0v) is 39.5. The topological polar surface area (TPSA) is 422 Å². The molecule has 5 aliphatic rings. The van der Waals surface area contributed by atoms with Crippen molar-refractivity contribution in [1.29, 1.82) is 0 Å². The van der Waals surface area contributed by atoms with E-state index < -0.39 is 149 Å². The molecular weight excluding hydrogens is 993 g/mol. The molecule has 0 bridgehead atoms. The van der Waals surface area contributed by atoms with E-state index in [0.29, 0.717) is 0 Å². The zero-order chi connectivity index (χ0) is 50.3. The molecule has 5 fully saturated rings. The first kappa shape index (κ1) is 56.9. The number of aliphatic hydroxyl groups is 16. The minimum atomic E-state index is -1.75. The molecule has 28 nitrogen and oxygen atoms in total. The Hall–Kier alpha value is -2.04. The summed E-state index contributed by atoms with van der Waals surface area (Å²) in [6.07, 6.45) is -31.5. The molecule has 0 spiro atoms. The lowest BCUT2D eigenvalue weighted by molar-refractivity contribution is -0.233. The second kappa shape index (κ2) is 25.6. The fourth-order valence-electron chi connectivity index (χ4n) is 7.96. The van der Waals surface area contributed by atoms with Gasteiger partial charge in [-0.2, -0.15) is 0 Å². The number of aliphatic hydroxyl groups excluding tert-OH is 16. The van der Waals surface area contributed by atoms with E-state index in [9.17, 15) is 81.7 Å². The normalized spacial score (nSPS) is 41.2. The number of thiocarbonyl (C=S) groups is 4. The van der Waals surface area contributed by atoms with E-state index >= 15 is 0 Å². The summed E-state index contributed by atoms with van der Waals surface area (Å²) in [6, 6.07) is 0. The van der Waals surface area contributed by atoms with Gasteiger partial charge in [-0.3, -0.25) is 0 Å². The zero-order valence-electron chi connectivity index (χ0n) is 36.2. The van der Waals surface area contributed by atoms with Gasteiger partial charge in [0.25, 0.3) is 0 Å². The summed E-state index contributed by atoms with van der Waals surface area (Å²) in [7, 11) is 0. The smallest absolute Gasteiger partial charge is 0.171 e. The maximum absolute atomic E-state index is 10.8. The molecule has 0 aromatic heterocycles. The Morgan fingerprint density at radius 1 is 0.309 bits per heavy atom. The second-order valence-electron chi connectivity index (χ2n) is 16.7. The number of hydrogen-bond donors (Lipinski definition) is 20. The van der Waals surface area contributed by atoms with E-state index in [0.717, 1.165) is 0 Å². The molecule has 0 aromatic rings. The summed E-state index contributed by atoms with van der Waals surface area (Å²) in [5.41, 5.74) is 0. The minimum absolute atomic E-state index is 0.0337. The van der Waals surface area contributed by atoms with E-state index in [2.05, 4.69) is 21.3 Å². The lowest BCUT2D eigenvalue weighted by Crippen LogP contribution is -2.66. The first-order chi connectivity index (χ1) is 32.2. The molecule has 5 saturated heterocycles. The van der Waals surface area contributed by atoms with Crippen LogP contribution < -0.4 is 21.3 Å². The van der Waals surface area contributed by atoms with Crippen molar-refractivity contribution in [3.8, 4) is 0 Å². The first-order valence-electron chi connectivity index (χ1n) is 21.6. The monoisotopic (exact) mass is 1060 g/mol.